The molecule has 2 atom stereocenters. The quantitative estimate of drug-likeness (QED) is 0.850. The first-order valence-electron chi connectivity index (χ1n) is 8.26. The number of hydrogen-bond donors (Lipinski definition) is 2. The number of para-hydroxylation sites is 1. The predicted octanol–water partition coefficient (Wildman–Crippen LogP) is 3.77. The van der Waals surface area contributed by atoms with Gasteiger partial charge in [0.2, 0.25) is 0 Å². The molecule has 1 heterocycles. The number of amides is 1. The van der Waals surface area contributed by atoms with Gasteiger partial charge in [-0.05, 0) is 30.3 Å². The molecule has 142 valence electrons. The van der Waals surface area contributed by atoms with Crippen LogP contribution in [0.2, 0.25) is 0 Å². The normalized spacial score (nSPS) is 19.7. The molecule has 1 fully saturated rings. The van der Waals surface area contributed by atoms with Gasteiger partial charge in [0.25, 0.3) is 5.91 Å². The molecule has 5 nitrogen and oxygen atoms in total. The van der Waals surface area contributed by atoms with E-state index in [-0.39, 0.29) is 5.56 Å². The lowest BCUT2D eigenvalue weighted by atomic mass is 9.96. The summed E-state index contributed by atoms with van der Waals surface area (Å²) in [5, 5.41) is 12.2. The third-order valence-corrected chi connectivity index (χ3v) is 4.52. The Labute approximate surface area is 153 Å². The number of nitrogens with one attached hydrogen (secondary N) is 1. The minimum atomic E-state index is -4.67. The zero-order valence-corrected chi connectivity index (χ0v) is 14.1. The van der Waals surface area contributed by atoms with E-state index in [0.717, 1.165) is 10.6 Å². The second-order valence-electron chi connectivity index (χ2n) is 6.37. The summed E-state index contributed by atoms with van der Waals surface area (Å²) in [6.45, 7) is -1.12. The molecular formula is C19H17F3N2O3. The summed E-state index contributed by atoms with van der Waals surface area (Å²) in [5.41, 5.74) is 1.60. The van der Waals surface area contributed by atoms with Gasteiger partial charge in [0.15, 0.2) is 0 Å². The molecule has 0 saturated carbocycles. The molecular weight excluding hydrogens is 361 g/mol. The highest BCUT2D eigenvalue weighted by Crippen LogP contribution is 2.38. The molecule has 0 spiro atoms. The number of carbonyl (C=O) groups is 2. The van der Waals surface area contributed by atoms with Gasteiger partial charge in [0.05, 0.1) is 11.8 Å². The van der Waals surface area contributed by atoms with E-state index >= 15 is 0 Å². The van der Waals surface area contributed by atoms with Crippen molar-refractivity contribution in [1.29, 1.82) is 0 Å². The number of hydrogen-bond acceptors (Lipinski definition) is 3. The van der Waals surface area contributed by atoms with E-state index in [0.29, 0.717) is 5.69 Å². The number of benzene rings is 2. The summed E-state index contributed by atoms with van der Waals surface area (Å²) in [4.78, 5) is 24.8. The molecule has 0 unspecified atom stereocenters. The number of carboxylic acids is 1. The number of anilines is 2. The van der Waals surface area contributed by atoms with Gasteiger partial charge in [0.1, 0.15) is 0 Å². The number of carboxylic acid groups (broad SMARTS) is 1. The number of halogens is 3. The molecule has 2 N–H and O–H groups in total. The zero-order valence-electron chi connectivity index (χ0n) is 14.1. The summed E-state index contributed by atoms with van der Waals surface area (Å²) in [5.74, 6) is -5.89. The van der Waals surface area contributed by atoms with Crippen molar-refractivity contribution >= 4 is 23.3 Å². The zero-order chi connectivity index (χ0) is 19.6. The smallest absolute Gasteiger partial charge is 0.394 e. The molecule has 0 aromatic heterocycles. The van der Waals surface area contributed by atoms with Gasteiger partial charge >= 0.3 is 12.1 Å². The summed E-state index contributed by atoms with van der Waals surface area (Å²) < 4.78 is 39.3. The van der Waals surface area contributed by atoms with Gasteiger partial charge < -0.3 is 15.3 Å². The number of likely N-dealkylation sites (tertiary alicyclic amines) is 1. The molecule has 1 saturated heterocycles. The first kappa shape index (κ1) is 18.8. The summed E-state index contributed by atoms with van der Waals surface area (Å²) >= 11 is 0. The molecule has 1 aliphatic rings. The molecule has 1 aliphatic heterocycles. The van der Waals surface area contributed by atoms with Crippen LogP contribution in [0.15, 0.2) is 54.6 Å². The van der Waals surface area contributed by atoms with Crippen LogP contribution in [-0.4, -0.2) is 41.1 Å². The molecule has 2 aromatic carbocycles. The van der Waals surface area contributed by atoms with Crippen molar-refractivity contribution in [3.05, 3.63) is 60.2 Å². The van der Waals surface area contributed by atoms with Crippen LogP contribution >= 0.6 is 0 Å². The van der Waals surface area contributed by atoms with Gasteiger partial charge in [0, 0.05) is 30.0 Å². The Balaban J connectivity index is 1.78. The van der Waals surface area contributed by atoms with Gasteiger partial charge in [-0.2, -0.15) is 13.2 Å². The van der Waals surface area contributed by atoms with Crippen LogP contribution in [0, 0.1) is 11.8 Å². The fraction of sp³-hybridized carbons (Fsp3) is 0.263. The van der Waals surface area contributed by atoms with Gasteiger partial charge in [-0.25, -0.2) is 0 Å². The highest BCUT2D eigenvalue weighted by Gasteiger charge is 2.53. The van der Waals surface area contributed by atoms with Crippen LogP contribution in [0.5, 0.6) is 0 Å². The van der Waals surface area contributed by atoms with Gasteiger partial charge in [-0.3, -0.25) is 9.59 Å². The maximum absolute atomic E-state index is 13.1. The van der Waals surface area contributed by atoms with Crippen molar-refractivity contribution in [2.24, 2.45) is 11.8 Å². The number of aliphatic carboxylic acids is 1. The van der Waals surface area contributed by atoms with Crippen molar-refractivity contribution in [3.63, 3.8) is 0 Å². The van der Waals surface area contributed by atoms with Crippen molar-refractivity contribution in [2.45, 2.75) is 6.18 Å². The van der Waals surface area contributed by atoms with Crippen molar-refractivity contribution < 1.29 is 27.9 Å². The topological polar surface area (TPSA) is 69.6 Å². The first-order valence-corrected chi connectivity index (χ1v) is 8.26. The van der Waals surface area contributed by atoms with Crippen molar-refractivity contribution in [3.8, 4) is 0 Å². The summed E-state index contributed by atoms with van der Waals surface area (Å²) in [7, 11) is 0. The fourth-order valence-corrected chi connectivity index (χ4v) is 3.15. The van der Waals surface area contributed by atoms with Crippen LogP contribution in [0.25, 0.3) is 0 Å². The predicted molar refractivity (Wildman–Crippen MR) is 92.7 cm³/mol. The SMILES string of the molecule is O=C(O)[C@@H]1CN(C(=O)c2cccc(Nc3ccccc3)c2)C[C@H]1C(F)(F)F. The monoisotopic (exact) mass is 378 g/mol. The van der Waals surface area contributed by atoms with E-state index in [1.54, 1.807) is 12.1 Å². The highest BCUT2D eigenvalue weighted by atomic mass is 19.4. The summed E-state index contributed by atoms with van der Waals surface area (Å²) in [6, 6.07) is 15.6. The Hall–Kier alpha value is -3.03. The fourth-order valence-electron chi connectivity index (χ4n) is 3.15. The van der Waals surface area contributed by atoms with E-state index in [1.807, 2.05) is 30.3 Å². The molecule has 27 heavy (non-hydrogen) atoms. The Bertz CT molecular complexity index is 840. The standard InChI is InChI=1S/C19H17F3N2O3/c20-19(21,22)16-11-24(10-15(16)18(26)27)17(25)12-5-4-8-14(9-12)23-13-6-2-1-3-7-13/h1-9,15-16,23H,10-11H2,(H,26,27)/t15-,16-/m1/s1. The second kappa shape index (κ2) is 7.30. The lowest BCUT2D eigenvalue weighted by molar-refractivity contribution is -0.187. The first-order chi connectivity index (χ1) is 12.8. The van der Waals surface area contributed by atoms with Crippen LogP contribution < -0.4 is 5.32 Å². The maximum atomic E-state index is 13.1. The number of carbonyl (C=O) groups excluding carboxylic acids is 1. The summed E-state index contributed by atoms with van der Waals surface area (Å²) in [6.07, 6.45) is -4.67. The lowest BCUT2D eigenvalue weighted by Crippen LogP contribution is -2.34. The van der Waals surface area contributed by atoms with Crippen molar-refractivity contribution in [2.75, 3.05) is 18.4 Å². The maximum Gasteiger partial charge on any atom is 0.394 e. The van der Waals surface area contributed by atoms with E-state index < -0.39 is 43.0 Å². The van der Waals surface area contributed by atoms with E-state index in [9.17, 15) is 22.8 Å². The van der Waals surface area contributed by atoms with Gasteiger partial charge in [-0.15, -0.1) is 0 Å². The van der Waals surface area contributed by atoms with E-state index in [2.05, 4.69) is 5.32 Å². The molecule has 8 heteroatoms. The molecule has 0 aliphatic carbocycles. The molecule has 3 rings (SSSR count). The minimum absolute atomic E-state index is 0.197. The van der Waals surface area contributed by atoms with Crippen LogP contribution in [0.3, 0.4) is 0 Å². The molecule has 0 bridgehead atoms. The van der Waals surface area contributed by atoms with Crippen LogP contribution in [0.4, 0.5) is 24.5 Å². The molecule has 2 aromatic rings. The minimum Gasteiger partial charge on any atom is -0.481 e. The van der Waals surface area contributed by atoms with E-state index in [4.69, 9.17) is 5.11 Å². The Morgan fingerprint density at radius 1 is 1.00 bits per heavy atom. The number of rotatable bonds is 4. The second-order valence-corrected chi connectivity index (χ2v) is 6.37. The van der Waals surface area contributed by atoms with Crippen LogP contribution in [0.1, 0.15) is 10.4 Å². The third-order valence-electron chi connectivity index (χ3n) is 4.52. The van der Waals surface area contributed by atoms with Gasteiger partial charge in [-0.1, -0.05) is 24.3 Å². The highest BCUT2D eigenvalue weighted by molar-refractivity contribution is 5.96. The molecule has 0 radical (unpaired) electrons. The average Bonchev–Trinajstić information content (AvgIpc) is 3.08. The third kappa shape index (κ3) is 4.21. The number of nitrogens with zero attached hydrogens (tertiary/aromatic N) is 1. The lowest BCUT2D eigenvalue weighted by Gasteiger charge is -2.18. The Morgan fingerprint density at radius 3 is 2.26 bits per heavy atom. The largest absolute Gasteiger partial charge is 0.481 e. The average molecular weight is 378 g/mol. The van der Waals surface area contributed by atoms with Crippen LogP contribution in [-0.2, 0) is 4.79 Å². The number of alkyl halides is 3. The molecule has 1 amide bonds. The van der Waals surface area contributed by atoms with E-state index in [1.165, 1.54) is 12.1 Å². The Morgan fingerprint density at radius 2 is 1.67 bits per heavy atom. The Kier molecular flexibility index (Phi) is 5.07. The van der Waals surface area contributed by atoms with Crippen molar-refractivity contribution in [1.82, 2.24) is 4.90 Å².